The molecule has 0 atom stereocenters. The number of carbonyl (C=O) groups is 1. The summed E-state index contributed by atoms with van der Waals surface area (Å²) in [6.07, 6.45) is 6.72. The minimum atomic E-state index is -0.0883. The Balaban J connectivity index is 2.32. The molecule has 90 valence electrons. The van der Waals surface area contributed by atoms with Gasteiger partial charge in [-0.15, -0.1) is 0 Å². The molecule has 1 rings (SSSR count). The monoisotopic (exact) mass is 288 g/mol. The highest BCUT2D eigenvalue weighted by Crippen LogP contribution is 2.25. The molecule has 2 N–H and O–H groups in total. The summed E-state index contributed by atoms with van der Waals surface area (Å²) in [6, 6.07) is 0.397. The molecule has 0 aromatic rings. The molecule has 1 fully saturated rings. The zero-order valence-electron chi connectivity index (χ0n) is 9.33. The summed E-state index contributed by atoms with van der Waals surface area (Å²) in [5.41, 5.74) is 0. The molecule has 1 saturated carbocycles. The van der Waals surface area contributed by atoms with Crippen LogP contribution in [-0.4, -0.2) is 25.3 Å². The van der Waals surface area contributed by atoms with E-state index in [4.69, 9.17) is 10.1 Å². The van der Waals surface area contributed by atoms with Gasteiger partial charge in [0.25, 0.3) is 0 Å². The molecular formula is C11H17BrN2O2. The van der Waals surface area contributed by atoms with Crippen LogP contribution in [-0.2, 0) is 9.53 Å². The Kier molecular flexibility index (Phi) is 5.52. The second-order valence-corrected chi connectivity index (χ2v) is 4.83. The zero-order valence-corrected chi connectivity index (χ0v) is 10.9. The van der Waals surface area contributed by atoms with Crippen LogP contribution in [0.15, 0.2) is 10.7 Å². The molecule has 16 heavy (non-hydrogen) atoms. The summed E-state index contributed by atoms with van der Waals surface area (Å²) in [5, 5.41) is 10.2. The van der Waals surface area contributed by atoms with Gasteiger partial charge < -0.3 is 15.5 Å². The van der Waals surface area contributed by atoms with Crippen molar-refractivity contribution in [2.45, 2.75) is 31.7 Å². The molecule has 0 heterocycles. The molecule has 0 aromatic heterocycles. The van der Waals surface area contributed by atoms with Crippen molar-refractivity contribution < 1.29 is 9.53 Å². The minimum absolute atomic E-state index is 0.0678. The average molecular weight is 289 g/mol. The van der Waals surface area contributed by atoms with Crippen molar-refractivity contribution in [1.29, 1.82) is 5.41 Å². The van der Waals surface area contributed by atoms with Crippen LogP contribution in [0.2, 0.25) is 0 Å². The number of hydrogen-bond acceptors (Lipinski definition) is 4. The maximum Gasteiger partial charge on any atom is 0.308 e. The summed E-state index contributed by atoms with van der Waals surface area (Å²) < 4.78 is 5.46. The molecule has 4 nitrogen and oxygen atoms in total. The quantitative estimate of drug-likeness (QED) is 0.616. The van der Waals surface area contributed by atoms with Crippen molar-refractivity contribution in [2.24, 2.45) is 5.92 Å². The van der Waals surface area contributed by atoms with E-state index < -0.39 is 0 Å². The van der Waals surface area contributed by atoms with Crippen LogP contribution in [0.1, 0.15) is 25.7 Å². The second-order valence-electron chi connectivity index (χ2n) is 3.91. The van der Waals surface area contributed by atoms with E-state index >= 15 is 0 Å². The minimum Gasteiger partial charge on any atom is -0.469 e. The Hall–Kier alpha value is -0.840. The normalized spacial score (nSPS) is 26.0. The fourth-order valence-electron chi connectivity index (χ4n) is 1.90. The highest BCUT2D eigenvalue weighted by Gasteiger charge is 2.26. The first kappa shape index (κ1) is 13.2. The van der Waals surface area contributed by atoms with E-state index in [1.165, 1.54) is 13.3 Å². The lowest BCUT2D eigenvalue weighted by molar-refractivity contribution is -0.146. The van der Waals surface area contributed by atoms with Crippen LogP contribution in [0, 0.1) is 11.3 Å². The molecular weight excluding hydrogens is 272 g/mol. The number of rotatable bonds is 4. The van der Waals surface area contributed by atoms with E-state index in [0.717, 1.165) is 30.2 Å². The molecule has 0 spiro atoms. The summed E-state index contributed by atoms with van der Waals surface area (Å²) in [7, 11) is 1.44. The van der Waals surface area contributed by atoms with Crippen LogP contribution in [0.3, 0.4) is 0 Å². The van der Waals surface area contributed by atoms with Crippen molar-refractivity contribution in [3.63, 3.8) is 0 Å². The van der Waals surface area contributed by atoms with Crippen molar-refractivity contribution in [3.05, 3.63) is 10.7 Å². The Labute approximate surface area is 104 Å². The summed E-state index contributed by atoms with van der Waals surface area (Å²) in [5.74, 6) is -0.0205. The standard InChI is InChI=1S/C11H17BrN2O2/c1-16-11(15)8-2-4-10(5-3-8)14-7-9(12)6-13/h6-8,10,13-14H,2-5H2,1H3/b9-7+,13-6?/t8-,10-. The fourth-order valence-corrected chi connectivity index (χ4v) is 2.03. The molecule has 0 aromatic carbocycles. The largest absolute Gasteiger partial charge is 0.469 e. The van der Waals surface area contributed by atoms with Crippen molar-refractivity contribution in [1.82, 2.24) is 5.32 Å². The van der Waals surface area contributed by atoms with Crippen LogP contribution in [0.5, 0.6) is 0 Å². The van der Waals surface area contributed by atoms with Gasteiger partial charge in [-0.05, 0) is 41.6 Å². The van der Waals surface area contributed by atoms with Gasteiger partial charge in [0.2, 0.25) is 0 Å². The predicted molar refractivity (Wildman–Crippen MR) is 66.7 cm³/mol. The molecule has 0 aliphatic heterocycles. The molecule has 0 bridgehead atoms. The lowest BCUT2D eigenvalue weighted by Gasteiger charge is -2.27. The lowest BCUT2D eigenvalue weighted by Crippen LogP contribution is -2.32. The van der Waals surface area contributed by atoms with Crippen molar-refractivity contribution in [3.8, 4) is 0 Å². The smallest absolute Gasteiger partial charge is 0.308 e. The Morgan fingerprint density at radius 3 is 2.56 bits per heavy atom. The lowest BCUT2D eigenvalue weighted by atomic mass is 9.86. The molecule has 1 aliphatic rings. The van der Waals surface area contributed by atoms with E-state index in [-0.39, 0.29) is 11.9 Å². The maximum absolute atomic E-state index is 11.3. The van der Waals surface area contributed by atoms with Crippen LogP contribution in [0.25, 0.3) is 0 Å². The molecule has 0 saturated heterocycles. The predicted octanol–water partition coefficient (Wildman–Crippen LogP) is 2.19. The fraction of sp³-hybridized carbons (Fsp3) is 0.636. The summed E-state index contributed by atoms with van der Waals surface area (Å²) in [4.78, 5) is 11.3. The molecule has 1 aliphatic carbocycles. The van der Waals surface area contributed by atoms with Crippen LogP contribution in [0.4, 0.5) is 0 Å². The highest BCUT2D eigenvalue weighted by atomic mass is 79.9. The molecule has 5 heteroatoms. The van der Waals surface area contributed by atoms with Crippen molar-refractivity contribution in [2.75, 3.05) is 7.11 Å². The SMILES string of the molecule is COC(=O)[C@H]1CC[C@H](N/C=C(/Br)C=N)CC1. The number of esters is 1. The first-order chi connectivity index (χ1) is 7.67. The van der Waals surface area contributed by atoms with Gasteiger partial charge in [-0.25, -0.2) is 0 Å². The van der Waals surface area contributed by atoms with Crippen LogP contribution >= 0.6 is 15.9 Å². The molecule has 0 amide bonds. The van der Waals surface area contributed by atoms with E-state index in [2.05, 4.69) is 21.2 Å². The number of nitrogens with one attached hydrogen (secondary N) is 2. The van der Waals surface area contributed by atoms with Crippen molar-refractivity contribution >= 4 is 28.1 Å². The third-order valence-electron chi connectivity index (χ3n) is 2.86. The summed E-state index contributed by atoms with van der Waals surface area (Å²) in [6.45, 7) is 0. The number of carbonyl (C=O) groups excluding carboxylic acids is 1. The van der Waals surface area contributed by atoms with Gasteiger partial charge in [-0.2, -0.15) is 0 Å². The van der Waals surface area contributed by atoms with E-state index in [9.17, 15) is 4.79 Å². The molecule has 0 radical (unpaired) electrons. The third-order valence-corrected chi connectivity index (χ3v) is 3.31. The highest BCUT2D eigenvalue weighted by molar-refractivity contribution is 9.12. The Bertz CT molecular complexity index is 284. The van der Waals surface area contributed by atoms with E-state index in [1.807, 2.05) is 0 Å². The number of ether oxygens (including phenoxy) is 1. The average Bonchev–Trinajstić information content (AvgIpc) is 2.35. The third kappa shape index (κ3) is 3.96. The Morgan fingerprint density at radius 2 is 2.06 bits per heavy atom. The van der Waals surface area contributed by atoms with Gasteiger partial charge in [0.05, 0.1) is 17.5 Å². The van der Waals surface area contributed by atoms with Gasteiger partial charge in [-0.3, -0.25) is 4.79 Å². The first-order valence-corrected chi connectivity index (χ1v) is 6.16. The van der Waals surface area contributed by atoms with Gasteiger partial charge in [0, 0.05) is 18.5 Å². The van der Waals surface area contributed by atoms with Gasteiger partial charge >= 0.3 is 5.97 Å². The maximum atomic E-state index is 11.3. The number of allylic oxidation sites excluding steroid dienone is 1. The first-order valence-electron chi connectivity index (χ1n) is 5.37. The van der Waals surface area contributed by atoms with Gasteiger partial charge in [-0.1, -0.05) is 0 Å². The zero-order chi connectivity index (χ0) is 12.0. The second kappa shape index (κ2) is 6.68. The van der Waals surface area contributed by atoms with E-state index in [0.29, 0.717) is 6.04 Å². The van der Waals surface area contributed by atoms with Gasteiger partial charge in [0.1, 0.15) is 0 Å². The number of methoxy groups -OCH3 is 1. The topological polar surface area (TPSA) is 62.2 Å². The van der Waals surface area contributed by atoms with Crippen LogP contribution < -0.4 is 5.32 Å². The number of halogens is 1. The van der Waals surface area contributed by atoms with Gasteiger partial charge in [0.15, 0.2) is 0 Å². The van der Waals surface area contributed by atoms with E-state index in [1.54, 1.807) is 6.20 Å². The molecule has 0 unspecified atom stereocenters. The Morgan fingerprint density at radius 1 is 1.44 bits per heavy atom. The number of hydrogen-bond donors (Lipinski definition) is 2. The summed E-state index contributed by atoms with van der Waals surface area (Å²) >= 11 is 3.23.